The number of nitrogens with zero attached hydrogens (tertiary/aromatic N) is 4. The molecule has 0 unspecified atom stereocenters. The van der Waals surface area contributed by atoms with Gasteiger partial charge in [0.05, 0.1) is 0 Å². The fourth-order valence-electron chi connectivity index (χ4n) is 2.13. The number of aliphatic hydroxyl groups excluding tert-OH is 1. The number of carbonyl (C=O) groups is 1. The van der Waals surface area contributed by atoms with Crippen LogP contribution in [0.5, 0.6) is 0 Å². The third kappa shape index (κ3) is 3.98. The van der Waals surface area contributed by atoms with Crippen molar-refractivity contribution in [1.29, 1.82) is 0 Å². The van der Waals surface area contributed by atoms with Crippen molar-refractivity contribution in [2.45, 2.75) is 39.5 Å². The molecule has 0 bridgehead atoms. The lowest BCUT2D eigenvalue weighted by atomic mass is 10.2. The quantitative estimate of drug-likeness (QED) is 0.743. The minimum absolute atomic E-state index is 0.145. The van der Waals surface area contributed by atoms with E-state index in [9.17, 15) is 4.79 Å². The molecule has 7 heteroatoms. The van der Waals surface area contributed by atoms with Crippen LogP contribution in [0, 0.1) is 13.8 Å². The normalized spacial score (nSPS) is 11.0. The van der Waals surface area contributed by atoms with E-state index in [-0.39, 0.29) is 18.3 Å². The monoisotopic (exact) mass is 291 g/mol. The number of rotatable bonds is 7. The van der Waals surface area contributed by atoms with Crippen molar-refractivity contribution < 1.29 is 9.90 Å². The van der Waals surface area contributed by atoms with Crippen LogP contribution in [0.3, 0.4) is 0 Å². The van der Waals surface area contributed by atoms with Gasteiger partial charge in [-0.1, -0.05) is 12.8 Å². The highest BCUT2D eigenvalue weighted by Crippen LogP contribution is 2.05. The molecule has 0 fully saturated rings. The van der Waals surface area contributed by atoms with Crippen LogP contribution in [-0.2, 0) is 0 Å². The summed E-state index contributed by atoms with van der Waals surface area (Å²) >= 11 is 0. The van der Waals surface area contributed by atoms with Crippen LogP contribution in [0.25, 0.3) is 5.78 Å². The lowest BCUT2D eigenvalue weighted by Crippen LogP contribution is -2.25. The van der Waals surface area contributed by atoms with E-state index in [1.54, 1.807) is 4.52 Å². The Kier molecular flexibility index (Phi) is 5.21. The number of aromatic nitrogens is 4. The number of hydrogen-bond acceptors (Lipinski definition) is 5. The highest BCUT2D eigenvalue weighted by Gasteiger charge is 2.14. The molecule has 0 radical (unpaired) electrons. The van der Waals surface area contributed by atoms with Gasteiger partial charge in [-0.2, -0.15) is 4.98 Å². The summed E-state index contributed by atoms with van der Waals surface area (Å²) in [4.78, 5) is 20.4. The van der Waals surface area contributed by atoms with E-state index in [4.69, 9.17) is 5.11 Å². The molecule has 0 spiro atoms. The van der Waals surface area contributed by atoms with E-state index in [1.165, 1.54) is 0 Å². The fourth-order valence-corrected chi connectivity index (χ4v) is 2.13. The third-order valence-electron chi connectivity index (χ3n) is 3.19. The van der Waals surface area contributed by atoms with Gasteiger partial charge in [0.1, 0.15) is 0 Å². The Morgan fingerprint density at radius 3 is 2.76 bits per heavy atom. The Morgan fingerprint density at radius 1 is 1.24 bits per heavy atom. The van der Waals surface area contributed by atoms with Gasteiger partial charge in [-0.05, 0) is 32.8 Å². The molecule has 0 atom stereocenters. The number of hydrogen-bond donors (Lipinski definition) is 2. The SMILES string of the molecule is Cc1cc(C)n2nc(C(=O)NCCCCCCO)nc2n1. The predicted molar refractivity (Wildman–Crippen MR) is 78.1 cm³/mol. The molecular formula is C14H21N5O2. The maximum atomic E-state index is 12.0. The summed E-state index contributed by atoms with van der Waals surface area (Å²) < 4.78 is 1.57. The average molecular weight is 291 g/mol. The molecule has 2 aromatic rings. The average Bonchev–Trinajstić information content (AvgIpc) is 2.86. The maximum absolute atomic E-state index is 12.0. The van der Waals surface area contributed by atoms with E-state index >= 15 is 0 Å². The lowest BCUT2D eigenvalue weighted by molar-refractivity contribution is 0.0942. The molecule has 7 nitrogen and oxygen atoms in total. The Labute approximate surface area is 123 Å². The molecule has 2 heterocycles. The zero-order valence-corrected chi connectivity index (χ0v) is 12.5. The molecule has 21 heavy (non-hydrogen) atoms. The molecule has 0 aromatic carbocycles. The predicted octanol–water partition coefficient (Wildman–Crippen LogP) is 1.02. The van der Waals surface area contributed by atoms with E-state index in [2.05, 4.69) is 20.4 Å². The standard InChI is InChI=1S/C14H21N5O2/c1-10-9-11(2)19-14(16-10)17-12(18-19)13(21)15-7-5-3-4-6-8-20/h9,20H,3-8H2,1-2H3,(H,15,21). The topological polar surface area (TPSA) is 92.4 Å². The zero-order valence-electron chi connectivity index (χ0n) is 12.5. The van der Waals surface area contributed by atoms with Crippen LogP contribution >= 0.6 is 0 Å². The molecule has 0 saturated heterocycles. The second-order valence-corrected chi connectivity index (χ2v) is 5.08. The van der Waals surface area contributed by atoms with Crippen LogP contribution in [0.1, 0.15) is 47.7 Å². The molecular weight excluding hydrogens is 270 g/mol. The molecule has 2 rings (SSSR count). The van der Waals surface area contributed by atoms with E-state index in [0.717, 1.165) is 37.1 Å². The maximum Gasteiger partial charge on any atom is 0.291 e. The zero-order chi connectivity index (χ0) is 15.2. The van der Waals surface area contributed by atoms with Gasteiger partial charge < -0.3 is 10.4 Å². The summed E-state index contributed by atoms with van der Waals surface area (Å²) in [5.41, 5.74) is 1.75. The molecule has 0 aliphatic carbocycles. The largest absolute Gasteiger partial charge is 0.396 e. The second-order valence-electron chi connectivity index (χ2n) is 5.08. The van der Waals surface area contributed by atoms with Crippen molar-refractivity contribution in [3.05, 3.63) is 23.3 Å². The molecule has 114 valence electrons. The van der Waals surface area contributed by atoms with Gasteiger partial charge in [0.25, 0.3) is 11.7 Å². The molecule has 0 saturated carbocycles. The number of aryl methyl sites for hydroxylation is 2. The third-order valence-corrected chi connectivity index (χ3v) is 3.19. The van der Waals surface area contributed by atoms with Crippen molar-refractivity contribution in [1.82, 2.24) is 24.9 Å². The Hall–Kier alpha value is -2.02. The smallest absolute Gasteiger partial charge is 0.291 e. The van der Waals surface area contributed by atoms with Crippen LogP contribution in [0.15, 0.2) is 6.07 Å². The van der Waals surface area contributed by atoms with E-state index < -0.39 is 0 Å². The Balaban J connectivity index is 1.92. The first-order chi connectivity index (χ1) is 10.1. The number of nitrogens with one attached hydrogen (secondary N) is 1. The van der Waals surface area contributed by atoms with Gasteiger partial charge in [0.15, 0.2) is 0 Å². The highest BCUT2D eigenvalue weighted by atomic mass is 16.2. The van der Waals surface area contributed by atoms with Gasteiger partial charge in [-0.3, -0.25) is 4.79 Å². The highest BCUT2D eigenvalue weighted by molar-refractivity contribution is 5.90. The lowest BCUT2D eigenvalue weighted by Gasteiger charge is -2.01. The minimum atomic E-state index is -0.278. The molecule has 0 aliphatic rings. The summed E-state index contributed by atoms with van der Waals surface area (Å²) in [5, 5.41) is 15.7. The van der Waals surface area contributed by atoms with Crippen molar-refractivity contribution in [3.63, 3.8) is 0 Å². The molecule has 0 aliphatic heterocycles. The number of aliphatic hydroxyl groups is 1. The molecule has 1 amide bonds. The molecule has 2 N–H and O–H groups in total. The van der Waals surface area contributed by atoms with Gasteiger partial charge in [0.2, 0.25) is 5.82 Å². The summed E-state index contributed by atoms with van der Waals surface area (Å²) in [6, 6.07) is 1.89. The first-order valence-electron chi connectivity index (χ1n) is 7.22. The van der Waals surface area contributed by atoms with Crippen molar-refractivity contribution in [3.8, 4) is 0 Å². The van der Waals surface area contributed by atoms with E-state index in [0.29, 0.717) is 12.3 Å². The van der Waals surface area contributed by atoms with Crippen LogP contribution in [0.4, 0.5) is 0 Å². The van der Waals surface area contributed by atoms with Gasteiger partial charge in [-0.15, -0.1) is 5.10 Å². The fraction of sp³-hybridized carbons (Fsp3) is 0.571. The van der Waals surface area contributed by atoms with Gasteiger partial charge in [-0.25, -0.2) is 9.50 Å². The van der Waals surface area contributed by atoms with Gasteiger partial charge in [0, 0.05) is 24.5 Å². The first kappa shape index (κ1) is 15.4. The van der Waals surface area contributed by atoms with Gasteiger partial charge >= 0.3 is 0 Å². The minimum Gasteiger partial charge on any atom is -0.396 e. The van der Waals surface area contributed by atoms with Crippen LogP contribution in [0.2, 0.25) is 0 Å². The number of carbonyl (C=O) groups excluding carboxylic acids is 1. The second kappa shape index (κ2) is 7.12. The molecule has 2 aromatic heterocycles. The summed E-state index contributed by atoms with van der Waals surface area (Å²) in [5.74, 6) is 0.312. The Morgan fingerprint density at radius 2 is 2.00 bits per heavy atom. The van der Waals surface area contributed by atoms with Crippen molar-refractivity contribution >= 4 is 11.7 Å². The summed E-state index contributed by atoms with van der Waals surface area (Å²) in [6.07, 6.45) is 3.66. The number of fused-ring (bicyclic) bond motifs is 1. The first-order valence-corrected chi connectivity index (χ1v) is 7.22. The number of unbranched alkanes of at least 4 members (excludes halogenated alkanes) is 3. The van der Waals surface area contributed by atoms with Crippen LogP contribution < -0.4 is 5.32 Å². The number of amides is 1. The summed E-state index contributed by atoms with van der Waals surface area (Å²) in [7, 11) is 0. The van der Waals surface area contributed by atoms with Crippen LogP contribution in [-0.4, -0.2) is 43.7 Å². The Bertz CT molecular complexity index is 623. The summed E-state index contributed by atoms with van der Waals surface area (Å²) in [6.45, 7) is 4.60. The van der Waals surface area contributed by atoms with E-state index in [1.807, 2.05) is 19.9 Å². The van der Waals surface area contributed by atoms with Crippen molar-refractivity contribution in [2.24, 2.45) is 0 Å². The van der Waals surface area contributed by atoms with Crippen molar-refractivity contribution in [2.75, 3.05) is 13.2 Å².